The maximum atomic E-state index is 13.8. The number of benzene rings is 2. The first-order valence-corrected chi connectivity index (χ1v) is 14.8. The number of aliphatic hydroxyl groups excluding tert-OH is 1. The molecule has 4 rings (SSSR count). The number of nitrogens with two attached hydrogens (primary N) is 2. The van der Waals surface area contributed by atoms with Crippen molar-refractivity contribution in [3.63, 3.8) is 0 Å². The zero-order chi connectivity index (χ0) is 32.8. The van der Waals surface area contributed by atoms with E-state index in [1.807, 2.05) is 60.7 Å². The first-order chi connectivity index (χ1) is 21.3. The van der Waals surface area contributed by atoms with Crippen molar-refractivity contribution in [2.45, 2.75) is 76.8 Å². The van der Waals surface area contributed by atoms with E-state index in [2.05, 4.69) is 15.0 Å². The van der Waals surface area contributed by atoms with Gasteiger partial charge in [-0.2, -0.15) is 0 Å². The molecule has 2 heterocycles. The van der Waals surface area contributed by atoms with Gasteiger partial charge in [-0.25, -0.2) is 24.4 Å². The highest BCUT2D eigenvalue weighted by atomic mass is 16.6. The molecule has 238 valence electrons. The molecule has 1 aromatic heterocycles. The summed E-state index contributed by atoms with van der Waals surface area (Å²) >= 11 is 0. The molecule has 45 heavy (non-hydrogen) atoms. The number of carbonyl (C=O) groups is 3. The van der Waals surface area contributed by atoms with Gasteiger partial charge in [0.15, 0.2) is 0 Å². The average molecular weight is 617 g/mol. The number of rotatable bonds is 11. The highest BCUT2D eigenvalue weighted by Gasteiger charge is 2.48. The van der Waals surface area contributed by atoms with Crippen LogP contribution in [0.4, 0.5) is 9.59 Å². The number of ether oxygens (including phenoxy) is 1. The van der Waals surface area contributed by atoms with Crippen molar-refractivity contribution < 1.29 is 28.7 Å². The summed E-state index contributed by atoms with van der Waals surface area (Å²) in [6.07, 6.45) is 4.41. The molecule has 0 saturated carbocycles. The number of aromatic nitrogens is 2. The fraction of sp³-hybridized carbons (Fsp3) is 0.364. The lowest BCUT2D eigenvalue weighted by Gasteiger charge is -2.39. The third-order valence-electron chi connectivity index (χ3n) is 7.50. The Bertz CT molecular complexity index is 1520. The third kappa shape index (κ3) is 8.09. The Kier molecular flexibility index (Phi) is 10.3. The second kappa shape index (κ2) is 14.0. The van der Waals surface area contributed by atoms with E-state index in [9.17, 15) is 19.5 Å². The van der Waals surface area contributed by atoms with E-state index in [0.717, 1.165) is 11.1 Å². The van der Waals surface area contributed by atoms with Crippen LogP contribution < -0.4 is 11.5 Å². The SMILES string of the molecule is CC(CC1=C[N@@+](C(N)=O)(C(=O)[C@@H](N)Cc2ccccc2)C=N1)N(C(=O)OC(C)(C)C)C(Cc1ccccc1)[C@@H](O)c1ncc[nH]1. The molecule has 1 aliphatic heterocycles. The van der Waals surface area contributed by atoms with Gasteiger partial charge >= 0.3 is 18.0 Å². The number of carbonyl (C=O) groups excluding carboxylic acids is 3. The number of amides is 4. The van der Waals surface area contributed by atoms with Crippen LogP contribution in [0.1, 0.15) is 57.2 Å². The van der Waals surface area contributed by atoms with Crippen LogP contribution in [0.3, 0.4) is 0 Å². The number of urea groups is 1. The number of H-pyrrole nitrogens is 1. The fourth-order valence-electron chi connectivity index (χ4n) is 5.35. The van der Waals surface area contributed by atoms with E-state index in [0.29, 0.717) is 5.70 Å². The van der Waals surface area contributed by atoms with Gasteiger partial charge in [0.1, 0.15) is 35.5 Å². The number of nitrogens with one attached hydrogen (secondary N) is 1. The molecule has 4 amide bonds. The van der Waals surface area contributed by atoms with Crippen molar-refractivity contribution in [2.24, 2.45) is 16.5 Å². The third-order valence-corrected chi connectivity index (χ3v) is 7.50. The first-order valence-electron chi connectivity index (χ1n) is 14.8. The molecule has 12 heteroatoms. The van der Waals surface area contributed by atoms with Gasteiger partial charge in [0.25, 0.3) is 0 Å². The fourth-order valence-corrected chi connectivity index (χ4v) is 5.35. The topological polar surface area (TPSA) is 177 Å². The van der Waals surface area contributed by atoms with Gasteiger partial charge in [-0.3, -0.25) is 4.90 Å². The summed E-state index contributed by atoms with van der Waals surface area (Å²) in [6, 6.07) is 15.3. The van der Waals surface area contributed by atoms with Gasteiger partial charge in [0.2, 0.25) is 6.34 Å². The number of nitrogens with zero attached hydrogens (tertiary/aromatic N) is 4. The van der Waals surface area contributed by atoms with E-state index >= 15 is 0 Å². The lowest BCUT2D eigenvalue weighted by atomic mass is 9.97. The molecular weight excluding hydrogens is 574 g/mol. The normalized spacial score (nSPS) is 18.8. The molecule has 6 N–H and O–H groups in total. The van der Waals surface area contributed by atoms with Gasteiger partial charge in [-0.05, 0) is 45.2 Å². The molecule has 1 aliphatic rings. The quantitative estimate of drug-likeness (QED) is 0.236. The lowest BCUT2D eigenvalue weighted by molar-refractivity contribution is -0.606. The van der Waals surface area contributed by atoms with Gasteiger partial charge in [-0.15, -0.1) is 4.48 Å². The molecule has 0 fully saturated rings. The largest absolute Gasteiger partial charge is 0.444 e. The van der Waals surface area contributed by atoms with E-state index in [-0.39, 0.29) is 25.1 Å². The number of aliphatic hydroxyl groups is 1. The second-order valence-electron chi connectivity index (χ2n) is 12.2. The molecule has 0 aliphatic carbocycles. The van der Waals surface area contributed by atoms with Crippen LogP contribution in [0.5, 0.6) is 0 Å². The number of hydrogen-bond donors (Lipinski definition) is 4. The Hall–Kier alpha value is -4.65. The average Bonchev–Trinajstić information content (AvgIpc) is 3.68. The van der Waals surface area contributed by atoms with E-state index < -0.39 is 52.3 Å². The molecule has 2 unspecified atom stereocenters. The Morgan fingerprint density at radius 2 is 1.60 bits per heavy atom. The van der Waals surface area contributed by atoms with Crippen molar-refractivity contribution >= 4 is 24.4 Å². The van der Waals surface area contributed by atoms with Crippen molar-refractivity contribution in [2.75, 3.05) is 0 Å². The molecule has 2 aromatic carbocycles. The summed E-state index contributed by atoms with van der Waals surface area (Å²) < 4.78 is 4.83. The minimum absolute atomic E-state index is 0.111. The lowest BCUT2D eigenvalue weighted by Crippen LogP contribution is -2.59. The summed E-state index contributed by atoms with van der Waals surface area (Å²) in [7, 11) is 0. The number of primary amides is 1. The summed E-state index contributed by atoms with van der Waals surface area (Å²) in [5, 5.41) is 11.6. The van der Waals surface area contributed by atoms with Crippen LogP contribution in [0, 0.1) is 0 Å². The molecule has 0 spiro atoms. The highest BCUT2D eigenvalue weighted by Crippen LogP contribution is 2.30. The summed E-state index contributed by atoms with van der Waals surface area (Å²) in [5.74, 6) is -0.339. The molecule has 0 saturated heterocycles. The first kappa shape index (κ1) is 33.2. The maximum Gasteiger partial charge on any atom is 0.432 e. The standard InChI is InChI=1S/C33H41N7O5/c1-22(17-25-20-40(21-38-25,31(35)43)30(42)26(34)18-23-11-7-5-8-12-23)39(32(44)45-33(2,3)4)27(19-24-13-9-6-10-14-24)28(41)29-36-15-16-37-29/h5-16,20-22,26-28,41H,17-19,34H2,1-4H3,(H2-,35,36,37,43)/p+1/t22?,26-,27?,28+,40-/m0/s1. The van der Waals surface area contributed by atoms with Gasteiger partial charge in [0, 0.05) is 31.3 Å². The second-order valence-corrected chi connectivity index (χ2v) is 12.2. The Labute approximate surface area is 263 Å². The van der Waals surface area contributed by atoms with Gasteiger partial charge in [0.05, 0.1) is 6.04 Å². The molecule has 12 nitrogen and oxygen atoms in total. The molecule has 0 bridgehead atoms. The van der Waals surface area contributed by atoms with Crippen LogP contribution in [-0.4, -0.2) is 72.6 Å². The highest BCUT2D eigenvalue weighted by molar-refractivity contribution is 5.95. The van der Waals surface area contributed by atoms with Gasteiger partial charge in [-0.1, -0.05) is 60.7 Å². The summed E-state index contributed by atoms with van der Waals surface area (Å²) in [4.78, 5) is 53.2. The number of hydrogen-bond acceptors (Lipinski definition) is 8. The van der Waals surface area contributed by atoms with Crippen molar-refractivity contribution in [1.29, 1.82) is 0 Å². The van der Waals surface area contributed by atoms with Gasteiger partial charge < -0.3 is 26.3 Å². The minimum Gasteiger partial charge on any atom is -0.444 e. The van der Waals surface area contributed by atoms with Crippen LogP contribution >= 0.6 is 0 Å². The smallest absolute Gasteiger partial charge is 0.432 e. The van der Waals surface area contributed by atoms with E-state index in [1.165, 1.54) is 23.6 Å². The number of aromatic amines is 1. The summed E-state index contributed by atoms with van der Waals surface area (Å²) in [5.41, 5.74) is 13.3. The Balaban J connectivity index is 1.66. The monoisotopic (exact) mass is 616 g/mol. The summed E-state index contributed by atoms with van der Waals surface area (Å²) in [6.45, 7) is 7.06. The van der Waals surface area contributed by atoms with Crippen molar-refractivity contribution in [3.05, 3.63) is 102 Å². The predicted molar refractivity (Wildman–Crippen MR) is 169 cm³/mol. The number of imidazole rings is 1. The molecule has 5 atom stereocenters. The molecular formula is C33H42N7O5+. The van der Waals surface area contributed by atoms with Crippen molar-refractivity contribution in [3.8, 4) is 0 Å². The predicted octanol–water partition coefficient (Wildman–Crippen LogP) is 3.95. The van der Waals surface area contributed by atoms with Crippen molar-refractivity contribution in [1.82, 2.24) is 14.9 Å². The van der Waals surface area contributed by atoms with Crippen LogP contribution in [0.2, 0.25) is 0 Å². The van der Waals surface area contributed by atoms with E-state index in [4.69, 9.17) is 16.2 Å². The number of imide groups is 1. The zero-order valence-corrected chi connectivity index (χ0v) is 26.0. The Morgan fingerprint density at radius 3 is 2.13 bits per heavy atom. The van der Waals surface area contributed by atoms with E-state index in [1.54, 1.807) is 33.9 Å². The van der Waals surface area contributed by atoms with Crippen LogP contribution in [0.25, 0.3) is 0 Å². The zero-order valence-electron chi connectivity index (χ0n) is 26.0. The number of quaternary nitrogens is 1. The Morgan fingerprint density at radius 1 is 1.00 bits per heavy atom. The van der Waals surface area contributed by atoms with Crippen LogP contribution in [-0.2, 0) is 22.4 Å². The number of aliphatic imine (C=N–C) groups is 1. The molecule has 3 aromatic rings. The molecule has 0 radical (unpaired) electrons. The van der Waals surface area contributed by atoms with Crippen LogP contribution in [0.15, 0.2) is 89.9 Å². The maximum absolute atomic E-state index is 13.8. The minimum atomic E-state index is -1.20.